The number of amides is 1. The summed E-state index contributed by atoms with van der Waals surface area (Å²) < 4.78 is 7.20. The maximum Gasteiger partial charge on any atom is 0.270 e. The smallest absolute Gasteiger partial charge is 0.270 e. The highest BCUT2D eigenvalue weighted by Gasteiger charge is 2.20. The first kappa shape index (κ1) is 19.8. The minimum Gasteiger partial charge on any atom is -0.381 e. The monoisotopic (exact) mass is 433 g/mol. The third kappa shape index (κ3) is 4.22. The van der Waals surface area contributed by atoms with Gasteiger partial charge in [0.1, 0.15) is 11.2 Å². The maximum absolute atomic E-state index is 12.9. The Morgan fingerprint density at radius 3 is 2.81 bits per heavy atom. The highest BCUT2D eigenvalue weighted by atomic mass is 32.1. The average Bonchev–Trinajstić information content (AvgIpc) is 3.45. The van der Waals surface area contributed by atoms with Gasteiger partial charge in [-0.1, -0.05) is 24.3 Å². The number of carbonyl (C=O) groups excluding carboxylic acids is 1. The standard InChI is InChI=1S/C23H23N5O2S/c1-28-22-17(10-15-2-4-16(5-3-15)21-13-31-14-24-21)11-19(27-20(22)12-25-28)23(29)26-18-6-8-30-9-7-18/h2-5,11-14,18H,6-10H2,1H3,(H,26,29). The fourth-order valence-corrected chi connectivity index (χ4v) is 4.56. The normalized spacial score (nSPS) is 14.7. The van der Waals surface area contributed by atoms with E-state index < -0.39 is 0 Å². The number of carbonyl (C=O) groups is 1. The van der Waals surface area contributed by atoms with Crippen LogP contribution in [0.5, 0.6) is 0 Å². The van der Waals surface area contributed by atoms with E-state index in [1.807, 2.05) is 28.7 Å². The summed E-state index contributed by atoms with van der Waals surface area (Å²) >= 11 is 1.59. The highest BCUT2D eigenvalue weighted by Crippen LogP contribution is 2.24. The van der Waals surface area contributed by atoms with Crippen molar-refractivity contribution < 1.29 is 9.53 Å². The molecule has 7 nitrogen and oxygen atoms in total. The number of nitrogens with one attached hydrogen (secondary N) is 1. The molecule has 31 heavy (non-hydrogen) atoms. The number of ether oxygens (including phenoxy) is 1. The van der Waals surface area contributed by atoms with Crippen LogP contribution in [0.4, 0.5) is 0 Å². The van der Waals surface area contributed by atoms with Gasteiger partial charge in [0, 0.05) is 37.2 Å². The van der Waals surface area contributed by atoms with Crippen molar-refractivity contribution in [2.45, 2.75) is 25.3 Å². The predicted octanol–water partition coefficient (Wildman–Crippen LogP) is 3.59. The van der Waals surface area contributed by atoms with Gasteiger partial charge in [0.2, 0.25) is 0 Å². The lowest BCUT2D eigenvalue weighted by Gasteiger charge is -2.23. The van der Waals surface area contributed by atoms with Crippen molar-refractivity contribution in [1.29, 1.82) is 0 Å². The molecule has 1 aliphatic heterocycles. The SMILES string of the molecule is Cn1ncc2nc(C(=O)NC3CCOCC3)cc(Cc3ccc(-c4cscn4)cc3)c21. The number of hydrogen-bond acceptors (Lipinski definition) is 6. The molecule has 4 heterocycles. The van der Waals surface area contributed by atoms with Crippen LogP contribution in [0, 0.1) is 0 Å². The van der Waals surface area contributed by atoms with Crippen molar-refractivity contribution in [3.63, 3.8) is 0 Å². The number of rotatable bonds is 5. The van der Waals surface area contributed by atoms with Crippen molar-refractivity contribution >= 4 is 28.3 Å². The van der Waals surface area contributed by atoms with E-state index in [9.17, 15) is 4.79 Å². The lowest BCUT2D eigenvalue weighted by atomic mass is 10.0. The van der Waals surface area contributed by atoms with E-state index in [4.69, 9.17) is 4.74 Å². The van der Waals surface area contributed by atoms with Crippen LogP contribution in [0.2, 0.25) is 0 Å². The zero-order valence-corrected chi connectivity index (χ0v) is 18.1. The number of fused-ring (bicyclic) bond motifs is 1. The summed E-state index contributed by atoms with van der Waals surface area (Å²) in [6.45, 7) is 1.37. The molecule has 4 aromatic rings. The Labute approximate surface area is 184 Å². The molecule has 0 atom stereocenters. The Hall–Kier alpha value is -3.10. The van der Waals surface area contributed by atoms with Crippen molar-refractivity contribution in [2.75, 3.05) is 13.2 Å². The van der Waals surface area contributed by atoms with Crippen LogP contribution in [-0.4, -0.2) is 44.9 Å². The Kier molecular flexibility index (Phi) is 5.48. The quantitative estimate of drug-likeness (QED) is 0.520. The molecule has 0 unspecified atom stereocenters. The van der Waals surface area contributed by atoms with Gasteiger partial charge < -0.3 is 10.1 Å². The molecule has 5 rings (SSSR count). The predicted molar refractivity (Wildman–Crippen MR) is 120 cm³/mol. The molecule has 0 saturated carbocycles. The van der Waals surface area contributed by atoms with Gasteiger partial charge in [-0.2, -0.15) is 5.10 Å². The molecule has 3 aromatic heterocycles. The van der Waals surface area contributed by atoms with Gasteiger partial charge in [0.15, 0.2) is 0 Å². The van der Waals surface area contributed by atoms with Crippen molar-refractivity contribution in [1.82, 2.24) is 25.1 Å². The molecule has 0 aliphatic carbocycles. The summed E-state index contributed by atoms with van der Waals surface area (Å²) in [7, 11) is 1.90. The fraction of sp³-hybridized carbons (Fsp3) is 0.304. The second kappa shape index (κ2) is 8.56. The Morgan fingerprint density at radius 1 is 1.26 bits per heavy atom. The van der Waals surface area contributed by atoms with E-state index >= 15 is 0 Å². The second-order valence-electron chi connectivity index (χ2n) is 7.78. The number of aryl methyl sites for hydroxylation is 1. The first-order valence-electron chi connectivity index (χ1n) is 10.3. The molecular formula is C23H23N5O2S. The number of pyridine rings is 1. The molecule has 1 amide bonds. The van der Waals surface area contributed by atoms with Crippen molar-refractivity contribution in [2.24, 2.45) is 7.05 Å². The van der Waals surface area contributed by atoms with Gasteiger partial charge in [-0.05, 0) is 36.5 Å². The van der Waals surface area contributed by atoms with Crippen LogP contribution < -0.4 is 5.32 Å². The Balaban J connectivity index is 1.43. The molecule has 158 valence electrons. The van der Waals surface area contributed by atoms with Gasteiger partial charge in [-0.25, -0.2) is 9.97 Å². The topological polar surface area (TPSA) is 81.9 Å². The van der Waals surface area contributed by atoms with Crippen molar-refractivity contribution in [3.05, 3.63) is 64.2 Å². The largest absolute Gasteiger partial charge is 0.381 e. The number of thiazole rings is 1. The second-order valence-corrected chi connectivity index (χ2v) is 8.49. The van der Waals surface area contributed by atoms with Gasteiger partial charge in [-0.15, -0.1) is 11.3 Å². The average molecular weight is 434 g/mol. The van der Waals surface area contributed by atoms with Crippen LogP contribution in [0.1, 0.15) is 34.5 Å². The third-order valence-corrected chi connectivity index (χ3v) is 6.23. The summed E-state index contributed by atoms with van der Waals surface area (Å²) in [4.78, 5) is 21.8. The van der Waals surface area contributed by atoms with Crippen LogP contribution in [0.25, 0.3) is 22.3 Å². The minimum absolute atomic E-state index is 0.134. The van der Waals surface area contributed by atoms with Crippen LogP contribution >= 0.6 is 11.3 Å². The molecule has 1 N–H and O–H groups in total. The van der Waals surface area contributed by atoms with Gasteiger partial charge in [0.25, 0.3) is 5.91 Å². The number of aromatic nitrogens is 4. The molecule has 0 radical (unpaired) electrons. The number of nitrogens with zero attached hydrogens (tertiary/aromatic N) is 4. The number of benzene rings is 1. The summed E-state index contributed by atoms with van der Waals surface area (Å²) in [6.07, 6.45) is 4.07. The fourth-order valence-electron chi connectivity index (χ4n) is 4.00. The van der Waals surface area contributed by atoms with Crippen molar-refractivity contribution in [3.8, 4) is 11.3 Å². The first-order valence-corrected chi connectivity index (χ1v) is 11.3. The molecule has 1 aliphatic rings. The van der Waals surface area contributed by atoms with Crippen LogP contribution in [-0.2, 0) is 18.2 Å². The van der Waals surface area contributed by atoms with E-state index in [0.717, 1.165) is 46.3 Å². The van der Waals surface area contributed by atoms with Gasteiger partial charge >= 0.3 is 0 Å². The van der Waals surface area contributed by atoms with Gasteiger partial charge in [-0.3, -0.25) is 9.48 Å². The minimum atomic E-state index is -0.141. The lowest BCUT2D eigenvalue weighted by molar-refractivity contribution is 0.0694. The molecule has 0 bridgehead atoms. The van der Waals surface area contributed by atoms with Crippen LogP contribution in [0.3, 0.4) is 0 Å². The summed E-state index contributed by atoms with van der Waals surface area (Å²) in [5, 5.41) is 9.51. The summed E-state index contributed by atoms with van der Waals surface area (Å²) in [6, 6.07) is 10.4. The van der Waals surface area contributed by atoms with E-state index in [2.05, 4.69) is 44.6 Å². The lowest BCUT2D eigenvalue weighted by Crippen LogP contribution is -2.39. The molecule has 0 spiro atoms. The number of hydrogen-bond donors (Lipinski definition) is 1. The maximum atomic E-state index is 12.9. The molecular weight excluding hydrogens is 410 g/mol. The molecule has 1 saturated heterocycles. The molecule has 1 aromatic carbocycles. The Bertz CT molecular complexity index is 1190. The zero-order chi connectivity index (χ0) is 21.2. The Morgan fingerprint density at radius 2 is 2.06 bits per heavy atom. The first-order chi connectivity index (χ1) is 15.2. The molecule has 1 fully saturated rings. The summed E-state index contributed by atoms with van der Waals surface area (Å²) in [5.74, 6) is -0.141. The van der Waals surface area contributed by atoms with Crippen LogP contribution in [0.15, 0.2) is 47.4 Å². The van der Waals surface area contributed by atoms with E-state index in [0.29, 0.717) is 25.3 Å². The highest BCUT2D eigenvalue weighted by molar-refractivity contribution is 7.07. The zero-order valence-electron chi connectivity index (χ0n) is 17.2. The van der Waals surface area contributed by atoms with E-state index in [-0.39, 0.29) is 11.9 Å². The third-order valence-electron chi connectivity index (χ3n) is 5.64. The summed E-state index contributed by atoms with van der Waals surface area (Å²) in [5.41, 5.74) is 8.23. The van der Waals surface area contributed by atoms with E-state index in [1.54, 1.807) is 17.5 Å². The van der Waals surface area contributed by atoms with Gasteiger partial charge in [0.05, 0.1) is 22.9 Å². The molecule has 8 heteroatoms. The van der Waals surface area contributed by atoms with E-state index in [1.165, 1.54) is 0 Å².